The minimum absolute atomic E-state index is 0.0780. The van der Waals surface area contributed by atoms with Crippen LogP contribution in [0.25, 0.3) is 0 Å². The molecular weight excluding hydrogens is 360 g/mol. The first-order chi connectivity index (χ1) is 13.8. The van der Waals surface area contributed by atoms with Crippen molar-refractivity contribution in [3.63, 3.8) is 0 Å². The van der Waals surface area contributed by atoms with Gasteiger partial charge in [-0.1, -0.05) is 18.6 Å². The first kappa shape index (κ1) is 19.2. The number of carbonyl (C=O) groups is 1. The summed E-state index contributed by atoms with van der Waals surface area (Å²) in [7, 11) is 0. The molecule has 0 amide bonds. The summed E-state index contributed by atoms with van der Waals surface area (Å²) in [6.07, 6.45) is 13.5. The van der Waals surface area contributed by atoms with Crippen molar-refractivity contribution in [2.75, 3.05) is 0 Å². The molecule has 3 nitrogen and oxygen atoms in total. The van der Waals surface area contributed by atoms with Crippen LogP contribution in [0.2, 0.25) is 0 Å². The van der Waals surface area contributed by atoms with Crippen LogP contribution < -0.4 is 0 Å². The lowest BCUT2D eigenvalue weighted by atomic mass is 9.52. The molecule has 1 aromatic rings. The third-order valence-electron chi connectivity index (χ3n) is 8.67. The molecule has 156 valence electrons. The van der Waals surface area contributed by atoms with Gasteiger partial charge in [-0.3, -0.25) is 4.79 Å². The summed E-state index contributed by atoms with van der Waals surface area (Å²) in [5.74, 6) is 3.66. The first-order valence-corrected chi connectivity index (χ1v) is 11.5. The molecule has 0 radical (unpaired) electrons. The first-order valence-electron chi connectivity index (χ1n) is 11.5. The van der Waals surface area contributed by atoms with Gasteiger partial charge in [0.05, 0.1) is 12.5 Å². The van der Waals surface area contributed by atoms with Gasteiger partial charge in [0.2, 0.25) is 0 Å². The lowest BCUT2D eigenvalue weighted by Crippen LogP contribution is -2.53. The number of allylic oxidation sites excluding steroid dienone is 4. The Bertz CT molecular complexity index is 876. The van der Waals surface area contributed by atoms with Gasteiger partial charge in [-0.25, -0.2) is 0 Å². The number of ether oxygens (including phenoxy) is 1. The van der Waals surface area contributed by atoms with Crippen molar-refractivity contribution in [2.24, 2.45) is 29.1 Å². The average molecular weight is 395 g/mol. The van der Waals surface area contributed by atoms with E-state index in [9.17, 15) is 4.79 Å². The molecule has 1 aliphatic heterocycles. The quantitative estimate of drug-likeness (QED) is 0.566. The van der Waals surface area contributed by atoms with Crippen LogP contribution in [0.3, 0.4) is 0 Å². The topological polar surface area (TPSA) is 39.4 Å². The number of hydrogen-bond acceptors (Lipinski definition) is 3. The second kappa shape index (κ2) is 6.62. The molecule has 5 rings (SSSR count). The Hall–Kier alpha value is -1.77. The number of Topliss-reactive ketones (excluding diaryl/α,β-unsaturated/α-hetero) is 1. The molecule has 3 aliphatic carbocycles. The number of fused-ring (bicyclic) bond motifs is 1. The van der Waals surface area contributed by atoms with E-state index in [-0.39, 0.29) is 11.0 Å². The highest BCUT2D eigenvalue weighted by Crippen LogP contribution is 2.68. The molecule has 3 heteroatoms. The van der Waals surface area contributed by atoms with Gasteiger partial charge in [0.1, 0.15) is 11.4 Å². The van der Waals surface area contributed by atoms with Gasteiger partial charge in [-0.15, -0.1) is 0 Å². The summed E-state index contributed by atoms with van der Waals surface area (Å²) in [6, 6.07) is 2.05. The monoisotopic (exact) mass is 394 g/mol. The zero-order valence-electron chi connectivity index (χ0n) is 18.3. The predicted octanol–water partition coefficient (Wildman–Crippen LogP) is 6.25. The van der Waals surface area contributed by atoms with Crippen LogP contribution in [0.15, 0.2) is 46.0 Å². The Balaban J connectivity index is 1.48. The molecule has 6 atom stereocenters. The van der Waals surface area contributed by atoms with Crippen molar-refractivity contribution in [3.8, 4) is 0 Å². The van der Waals surface area contributed by atoms with E-state index in [4.69, 9.17) is 9.15 Å². The summed E-state index contributed by atoms with van der Waals surface area (Å²) >= 11 is 0. The normalized spacial score (nSPS) is 41.0. The highest BCUT2D eigenvalue weighted by molar-refractivity contribution is 5.99. The summed E-state index contributed by atoms with van der Waals surface area (Å²) in [4.78, 5) is 13.0. The number of furan rings is 1. The zero-order valence-corrected chi connectivity index (χ0v) is 18.3. The highest BCUT2D eigenvalue weighted by atomic mass is 16.5. The summed E-state index contributed by atoms with van der Waals surface area (Å²) < 4.78 is 12.1. The maximum atomic E-state index is 13.0. The summed E-state index contributed by atoms with van der Waals surface area (Å²) in [5, 5.41) is 0. The fraction of sp³-hybridized carbons (Fsp3) is 0.654. The van der Waals surface area contributed by atoms with Crippen molar-refractivity contribution >= 4 is 5.78 Å². The van der Waals surface area contributed by atoms with Crippen molar-refractivity contribution in [1.82, 2.24) is 0 Å². The number of rotatable bonds is 4. The summed E-state index contributed by atoms with van der Waals surface area (Å²) in [5.41, 5.74) is 3.44. The van der Waals surface area contributed by atoms with Crippen LogP contribution in [0.4, 0.5) is 0 Å². The third-order valence-corrected chi connectivity index (χ3v) is 8.67. The van der Waals surface area contributed by atoms with Gasteiger partial charge in [0.25, 0.3) is 0 Å². The largest absolute Gasteiger partial charge is 0.491 e. The molecule has 1 saturated carbocycles. The van der Waals surface area contributed by atoms with Crippen molar-refractivity contribution in [3.05, 3.63) is 47.1 Å². The van der Waals surface area contributed by atoms with Crippen LogP contribution in [-0.4, -0.2) is 11.4 Å². The van der Waals surface area contributed by atoms with Crippen LogP contribution in [0, 0.1) is 29.1 Å². The van der Waals surface area contributed by atoms with E-state index >= 15 is 0 Å². The molecule has 0 N–H and O–H groups in total. The lowest BCUT2D eigenvalue weighted by molar-refractivity contribution is -0.131. The maximum Gasteiger partial charge on any atom is 0.162 e. The number of ketones is 1. The standard InChI is InChI=1S/C26H34O3/c1-16-7-8-21-17(2)12-20-13-25(4,10-5-6-19-9-11-28-15-19)29-24-18(3)22(27)14-26(20,24)23(16)21/h9,11-12,15-16,20-21,23H,5-8,10,13-14H2,1-4H3/t16-,20-,21-,23+,25?,26+/m0/s1. The Labute approximate surface area is 174 Å². The third kappa shape index (κ3) is 2.79. The van der Waals surface area contributed by atoms with E-state index in [0.29, 0.717) is 35.9 Å². The Morgan fingerprint density at radius 3 is 2.83 bits per heavy atom. The van der Waals surface area contributed by atoms with Gasteiger partial charge < -0.3 is 9.15 Å². The molecule has 1 saturated heterocycles. The smallest absolute Gasteiger partial charge is 0.162 e. The second-order valence-electron chi connectivity index (χ2n) is 10.5. The van der Waals surface area contributed by atoms with E-state index in [1.165, 1.54) is 18.4 Å². The Kier molecular flexibility index (Phi) is 4.38. The fourth-order valence-electron chi connectivity index (χ4n) is 7.36. The minimum Gasteiger partial charge on any atom is -0.491 e. The highest BCUT2D eigenvalue weighted by Gasteiger charge is 2.64. The molecule has 4 aliphatic rings. The fourth-order valence-corrected chi connectivity index (χ4v) is 7.36. The molecule has 0 bridgehead atoms. The van der Waals surface area contributed by atoms with E-state index in [2.05, 4.69) is 26.8 Å². The van der Waals surface area contributed by atoms with Gasteiger partial charge in [-0.2, -0.15) is 0 Å². The van der Waals surface area contributed by atoms with E-state index in [1.54, 1.807) is 11.8 Å². The van der Waals surface area contributed by atoms with Crippen molar-refractivity contribution < 1.29 is 13.9 Å². The van der Waals surface area contributed by atoms with E-state index < -0.39 is 0 Å². The molecule has 1 spiro atoms. The molecule has 2 heterocycles. The number of carbonyl (C=O) groups excluding carboxylic acids is 1. The molecule has 29 heavy (non-hydrogen) atoms. The second-order valence-corrected chi connectivity index (χ2v) is 10.5. The SMILES string of the molecule is CC1=C[C@H]2CC(C)(CCCc3ccoc3)OC3=C(C)C(=O)C[C@@]32[C@@H]2[C@@H](C)CC[C@@H]12. The van der Waals surface area contributed by atoms with Gasteiger partial charge in [-0.05, 0) is 94.6 Å². The number of hydrogen-bond donors (Lipinski definition) is 0. The average Bonchev–Trinajstić information content (AvgIpc) is 3.37. The molecule has 0 aromatic carbocycles. The van der Waals surface area contributed by atoms with Crippen molar-refractivity contribution in [2.45, 2.75) is 78.2 Å². The lowest BCUT2D eigenvalue weighted by Gasteiger charge is -2.56. The van der Waals surface area contributed by atoms with E-state index in [1.807, 2.05) is 19.3 Å². The van der Waals surface area contributed by atoms with E-state index in [0.717, 1.165) is 37.0 Å². The molecule has 1 aromatic heterocycles. The molecule has 1 unspecified atom stereocenters. The predicted molar refractivity (Wildman–Crippen MR) is 113 cm³/mol. The van der Waals surface area contributed by atoms with Crippen LogP contribution in [0.1, 0.15) is 71.8 Å². The van der Waals surface area contributed by atoms with Crippen molar-refractivity contribution in [1.29, 1.82) is 0 Å². The van der Waals surface area contributed by atoms with Gasteiger partial charge in [0.15, 0.2) is 5.78 Å². The number of aryl methyl sites for hydroxylation is 1. The van der Waals surface area contributed by atoms with Crippen LogP contribution in [0.5, 0.6) is 0 Å². The zero-order chi connectivity index (χ0) is 20.4. The molecule has 2 fully saturated rings. The Morgan fingerprint density at radius 1 is 1.24 bits per heavy atom. The van der Waals surface area contributed by atoms with Gasteiger partial charge in [0, 0.05) is 17.4 Å². The maximum absolute atomic E-state index is 13.0. The van der Waals surface area contributed by atoms with Gasteiger partial charge >= 0.3 is 0 Å². The Morgan fingerprint density at radius 2 is 2.07 bits per heavy atom. The molecular formula is C26H34O3. The minimum atomic E-state index is -0.204. The van der Waals surface area contributed by atoms with Crippen LogP contribution >= 0.6 is 0 Å². The summed E-state index contributed by atoms with van der Waals surface area (Å²) in [6.45, 7) is 9.02. The van der Waals surface area contributed by atoms with Crippen LogP contribution in [-0.2, 0) is 16.0 Å².